The summed E-state index contributed by atoms with van der Waals surface area (Å²) in [6.07, 6.45) is 0.800. The lowest BCUT2D eigenvalue weighted by atomic mass is 10.1. The van der Waals surface area contributed by atoms with Crippen LogP contribution in [0.2, 0.25) is 0 Å². The number of aldehydes is 1. The summed E-state index contributed by atoms with van der Waals surface area (Å²) >= 11 is 0. The summed E-state index contributed by atoms with van der Waals surface area (Å²) in [5.41, 5.74) is 3.35. The Labute approximate surface area is 111 Å². The highest BCUT2D eigenvalue weighted by molar-refractivity contribution is 5.81. The van der Waals surface area contributed by atoms with Crippen molar-refractivity contribution in [2.75, 3.05) is 0 Å². The maximum atomic E-state index is 12.8. The summed E-state index contributed by atoms with van der Waals surface area (Å²) in [6.45, 7) is 4.14. The molecule has 2 nitrogen and oxygen atoms in total. The number of aryl methyl sites for hydroxylation is 2. The van der Waals surface area contributed by atoms with Gasteiger partial charge in [0.05, 0.1) is 5.56 Å². The number of carbonyl (C=O) groups is 1. The zero-order valence-corrected chi connectivity index (χ0v) is 10.9. The second kappa shape index (κ2) is 5.65. The lowest BCUT2D eigenvalue weighted by Crippen LogP contribution is -2.00. The molecule has 0 amide bonds. The minimum absolute atomic E-state index is 0.274. The van der Waals surface area contributed by atoms with E-state index in [1.54, 1.807) is 12.1 Å². The van der Waals surface area contributed by atoms with Gasteiger partial charge >= 0.3 is 0 Å². The van der Waals surface area contributed by atoms with Crippen LogP contribution in [0.5, 0.6) is 5.75 Å². The molecule has 0 N–H and O–H groups in total. The molecule has 0 aliphatic carbocycles. The van der Waals surface area contributed by atoms with E-state index < -0.39 is 0 Å². The van der Waals surface area contributed by atoms with Crippen LogP contribution in [0.4, 0.5) is 4.39 Å². The summed E-state index contributed by atoms with van der Waals surface area (Å²) in [6, 6.07) is 9.88. The standard InChI is InChI=1S/C16H15FO2/c1-11-7-12(2)15(9-18)16(8-11)19-10-13-3-5-14(17)6-4-13/h3-9H,10H2,1-2H3. The molecule has 2 aromatic carbocycles. The smallest absolute Gasteiger partial charge is 0.154 e. The normalized spacial score (nSPS) is 10.3. The second-order valence-corrected chi connectivity index (χ2v) is 4.53. The third kappa shape index (κ3) is 3.19. The topological polar surface area (TPSA) is 26.3 Å². The van der Waals surface area contributed by atoms with E-state index in [9.17, 15) is 9.18 Å². The molecule has 2 rings (SSSR count). The van der Waals surface area contributed by atoms with Crippen LogP contribution in [0.15, 0.2) is 36.4 Å². The fourth-order valence-corrected chi connectivity index (χ4v) is 1.95. The highest BCUT2D eigenvalue weighted by Crippen LogP contribution is 2.23. The molecule has 0 atom stereocenters. The van der Waals surface area contributed by atoms with Gasteiger partial charge in [0.25, 0.3) is 0 Å². The van der Waals surface area contributed by atoms with E-state index in [2.05, 4.69) is 0 Å². The van der Waals surface area contributed by atoms with Crippen LogP contribution >= 0.6 is 0 Å². The van der Waals surface area contributed by atoms with Crippen molar-refractivity contribution >= 4 is 6.29 Å². The number of halogens is 1. The van der Waals surface area contributed by atoms with Crippen molar-refractivity contribution in [3.05, 3.63) is 64.5 Å². The van der Waals surface area contributed by atoms with Crippen molar-refractivity contribution in [2.45, 2.75) is 20.5 Å². The number of benzene rings is 2. The van der Waals surface area contributed by atoms with Gasteiger partial charge in [-0.2, -0.15) is 0 Å². The van der Waals surface area contributed by atoms with Gasteiger partial charge in [-0.1, -0.05) is 18.2 Å². The van der Waals surface area contributed by atoms with Gasteiger partial charge in [-0.05, 0) is 48.7 Å². The number of ether oxygens (including phenoxy) is 1. The first-order valence-electron chi connectivity index (χ1n) is 6.04. The van der Waals surface area contributed by atoms with Crippen molar-refractivity contribution in [2.24, 2.45) is 0 Å². The fourth-order valence-electron chi connectivity index (χ4n) is 1.95. The van der Waals surface area contributed by atoms with Gasteiger partial charge in [0, 0.05) is 0 Å². The van der Waals surface area contributed by atoms with E-state index in [0.29, 0.717) is 17.9 Å². The van der Waals surface area contributed by atoms with E-state index in [0.717, 1.165) is 23.0 Å². The number of carbonyl (C=O) groups excluding carboxylic acids is 1. The molecular formula is C16H15FO2. The Balaban J connectivity index is 2.19. The Hall–Kier alpha value is -2.16. The van der Waals surface area contributed by atoms with Crippen molar-refractivity contribution in [3.63, 3.8) is 0 Å². The average molecular weight is 258 g/mol. The summed E-state index contributed by atoms with van der Waals surface area (Å²) < 4.78 is 18.4. The van der Waals surface area contributed by atoms with Gasteiger partial charge in [0.15, 0.2) is 6.29 Å². The first-order chi connectivity index (χ1) is 9.10. The highest BCUT2D eigenvalue weighted by atomic mass is 19.1. The van der Waals surface area contributed by atoms with Crippen LogP contribution in [-0.2, 0) is 6.61 Å². The number of hydrogen-bond donors (Lipinski definition) is 0. The van der Waals surface area contributed by atoms with E-state index in [1.165, 1.54) is 12.1 Å². The lowest BCUT2D eigenvalue weighted by Gasteiger charge is -2.11. The minimum atomic E-state index is -0.274. The van der Waals surface area contributed by atoms with Gasteiger partial charge in [-0.15, -0.1) is 0 Å². The van der Waals surface area contributed by atoms with Crippen molar-refractivity contribution < 1.29 is 13.9 Å². The van der Waals surface area contributed by atoms with Crippen molar-refractivity contribution in [1.82, 2.24) is 0 Å². The molecule has 0 spiro atoms. The van der Waals surface area contributed by atoms with Gasteiger partial charge in [0.2, 0.25) is 0 Å². The van der Waals surface area contributed by atoms with E-state index in [1.807, 2.05) is 26.0 Å². The highest BCUT2D eigenvalue weighted by Gasteiger charge is 2.07. The Morgan fingerprint density at radius 1 is 1.16 bits per heavy atom. The van der Waals surface area contributed by atoms with Crippen molar-refractivity contribution in [1.29, 1.82) is 0 Å². The maximum absolute atomic E-state index is 12.8. The Bertz CT molecular complexity index is 588. The molecule has 0 saturated carbocycles. The largest absolute Gasteiger partial charge is 0.488 e. The Kier molecular flexibility index (Phi) is 3.95. The zero-order chi connectivity index (χ0) is 13.8. The van der Waals surface area contributed by atoms with Gasteiger partial charge in [-0.25, -0.2) is 4.39 Å². The van der Waals surface area contributed by atoms with E-state index in [-0.39, 0.29) is 5.82 Å². The molecular weight excluding hydrogens is 243 g/mol. The molecule has 0 radical (unpaired) electrons. The number of rotatable bonds is 4. The predicted octanol–water partition coefficient (Wildman–Crippen LogP) is 3.83. The van der Waals surface area contributed by atoms with Crippen LogP contribution in [0.1, 0.15) is 27.0 Å². The van der Waals surface area contributed by atoms with Crippen LogP contribution < -0.4 is 4.74 Å². The summed E-state index contributed by atoms with van der Waals surface area (Å²) in [5, 5.41) is 0. The van der Waals surface area contributed by atoms with Crippen molar-refractivity contribution in [3.8, 4) is 5.75 Å². The molecule has 0 fully saturated rings. The second-order valence-electron chi connectivity index (χ2n) is 4.53. The molecule has 0 bridgehead atoms. The lowest BCUT2D eigenvalue weighted by molar-refractivity contribution is 0.111. The molecule has 19 heavy (non-hydrogen) atoms. The quantitative estimate of drug-likeness (QED) is 0.779. The van der Waals surface area contributed by atoms with Crippen LogP contribution in [0.25, 0.3) is 0 Å². The zero-order valence-electron chi connectivity index (χ0n) is 10.9. The van der Waals surface area contributed by atoms with Gasteiger partial charge in [0.1, 0.15) is 18.2 Å². The van der Waals surface area contributed by atoms with E-state index in [4.69, 9.17) is 4.74 Å². The SMILES string of the molecule is Cc1cc(C)c(C=O)c(OCc2ccc(F)cc2)c1. The summed E-state index contributed by atoms with van der Waals surface area (Å²) in [7, 11) is 0. The number of hydrogen-bond acceptors (Lipinski definition) is 2. The Morgan fingerprint density at radius 2 is 1.84 bits per heavy atom. The van der Waals surface area contributed by atoms with Crippen LogP contribution in [-0.4, -0.2) is 6.29 Å². The monoisotopic (exact) mass is 258 g/mol. The molecule has 0 aliphatic rings. The molecule has 2 aromatic rings. The third-order valence-electron chi connectivity index (χ3n) is 2.92. The molecule has 3 heteroatoms. The average Bonchev–Trinajstić information content (AvgIpc) is 2.37. The summed E-state index contributed by atoms with van der Waals surface area (Å²) in [5.74, 6) is 0.292. The molecule has 0 aliphatic heterocycles. The van der Waals surface area contributed by atoms with Crippen LogP contribution in [0.3, 0.4) is 0 Å². The van der Waals surface area contributed by atoms with Gasteiger partial charge in [-0.3, -0.25) is 4.79 Å². The molecule has 0 unspecified atom stereocenters. The first-order valence-corrected chi connectivity index (χ1v) is 6.04. The third-order valence-corrected chi connectivity index (χ3v) is 2.92. The fraction of sp³-hybridized carbons (Fsp3) is 0.188. The molecule has 0 aromatic heterocycles. The maximum Gasteiger partial charge on any atom is 0.154 e. The molecule has 98 valence electrons. The minimum Gasteiger partial charge on any atom is -0.488 e. The summed E-state index contributed by atoms with van der Waals surface area (Å²) in [4.78, 5) is 11.1. The Morgan fingerprint density at radius 3 is 2.47 bits per heavy atom. The van der Waals surface area contributed by atoms with E-state index >= 15 is 0 Å². The molecule has 0 saturated heterocycles. The first kappa shape index (κ1) is 13.3. The molecule has 0 heterocycles. The van der Waals surface area contributed by atoms with Crippen LogP contribution in [0, 0.1) is 19.7 Å². The predicted molar refractivity (Wildman–Crippen MR) is 72.0 cm³/mol. The van der Waals surface area contributed by atoms with Gasteiger partial charge < -0.3 is 4.74 Å².